The molecule has 0 saturated heterocycles. The zero-order valence-corrected chi connectivity index (χ0v) is 17.3. The first-order chi connectivity index (χ1) is 14.3. The minimum absolute atomic E-state index is 1.10. The Morgan fingerprint density at radius 2 is 0.862 bits per heavy atom. The lowest BCUT2D eigenvalue weighted by molar-refractivity contribution is 1.62. The van der Waals surface area contributed by atoms with Gasteiger partial charge in [-0.2, -0.15) is 0 Å². The molecule has 0 unspecified atom stereocenters. The lowest BCUT2D eigenvalue weighted by atomic mass is 9.90. The minimum Gasteiger partial charge on any atom is -0.0616 e. The Morgan fingerprint density at radius 3 is 1.48 bits per heavy atom. The quantitative estimate of drug-likeness (QED) is 0.180. The summed E-state index contributed by atoms with van der Waals surface area (Å²) in [6, 6.07) is 37.5. The summed E-state index contributed by atoms with van der Waals surface area (Å²) < 4.78 is 1.10. The fraction of sp³-hybridized carbons (Fsp3) is 0. The SMILES string of the molecule is Brc1ccc(-c2ccc3c(c2)c2ccccc2c2cc4ccccc4cc32)cc1. The second-order valence-corrected chi connectivity index (χ2v) is 8.47. The summed E-state index contributed by atoms with van der Waals surface area (Å²) in [5.74, 6) is 0. The molecular weight excluding hydrogens is 416 g/mol. The van der Waals surface area contributed by atoms with Gasteiger partial charge in [0, 0.05) is 4.47 Å². The smallest absolute Gasteiger partial charge is 0.0175 e. The Morgan fingerprint density at radius 1 is 0.379 bits per heavy atom. The van der Waals surface area contributed by atoms with Gasteiger partial charge in [-0.25, -0.2) is 0 Å². The van der Waals surface area contributed by atoms with E-state index in [4.69, 9.17) is 0 Å². The molecule has 0 fully saturated rings. The molecule has 29 heavy (non-hydrogen) atoms. The molecule has 0 amide bonds. The molecule has 1 heteroatoms. The molecule has 136 valence electrons. The van der Waals surface area contributed by atoms with Crippen LogP contribution in [-0.4, -0.2) is 0 Å². The van der Waals surface area contributed by atoms with Crippen LogP contribution in [0.3, 0.4) is 0 Å². The molecule has 0 atom stereocenters. The van der Waals surface area contributed by atoms with Crippen molar-refractivity contribution in [2.24, 2.45) is 0 Å². The van der Waals surface area contributed by atoms with Gasteiger partial charge in [0.2, 0.25) is 0 Å². The molecule has 0 aromatic heterocycles. The van der Waals surface area contributed by atoms with E-state index in [-0.39, 0.29) is 0 Å². The highest BCUT2D eigenvalue weighted by Gasteiger charge is 2.11. The molecule has 0 saturated carbocycles. The van der Waals surface area contributed by atoms with Crippen LogP contribution in [-0.2, 0) is 0 Å². The Kier molecular flexibility index (Phi) is 3.72. The van der Waals surface area contributed by atoms with E-state index in [1.807, 2.05) is 0 Å². The third-order valence-corrected chi connectivity index (χ3v) is 6.41. The van der Waals surface area contributed by atoms with E-state index >= 15 is 0 Å². The predicted molar refractivity (Wildman–Crippen MR) is 130 cm³/mol. The molecule has 0 N–H and O–H groups in total. The van der Waals surface area contributed by atoms with Crippen molar-refractivity contribution in [2.75, 3.05) is 0 Å². The topological polar surface area (TPSA) is 0 Å². The van der Waals surface area contributed by atoms with E-state index in [1.54, 1.807) is 0 Å². The molecule has 6 aromatic carbocycles. The van der Waals surface area contributed by atoms with Crippen molar-refractivity contribution in [3.63, 3.8) is 0 Å². The molecule has 0 aliphatic carbocycles. The Balaban J connectivity index is 1.77. The number of halogens is 1. The summed E-state index contributed by atoms with van der Waals surface area (Å²) in [6.45, 7) is 0. The molecule has 0 heterocycles. The van der Waals surface area contributed by atoms with Crippen LogP contribution in [0.15, 0.2) is 108 Å². The van der Waals surface area contributed by atoms with Gasteiger partial charge in [-0.15, -0.1) is 0 Å². The van der Waals surface area contributed by atoms with Gasteiger partial charge in [-0.05, 0) is 84.5 Å². The van der Waals surface area contributed by atoms with Gasteiger partial charge in [0.25, 0.3) is 0 Å². The Bertz CT molecular complexity index is 1540. The molecule has 6 rings (SSSR count). The van der Waals surface area contributed by atoms with Crippen LogP contribution in [0.1, 0.15) is 0 Å². The van der Waals surface area contributed by atoms with Crippen molar-refractivity contribution in [1.29, 1.82) is 0 Å². The zero-order valence-electron chi connectivity index (χ0n) is 15.7. The maximum Gasteiger partial charge on any atom is 0.0175 e. The minimum atomic E-state index is 1.10. The van der Waals surface area contributed by atoms with E-state index in [0.29, 0.717) is 0 Å². The van der Waals surface area contributed by atoms with E-state index in [9.17, 15) is 0 Å². The summed E-state index contributed by atoms with van der Waals surface area (Å²) >= 11 is 3.54. The van der Waals surface area contributed by atoms with Crippen LogP contribution in [0.2, 0.25) is 0 Å². The van der Waals surface area contributed by atoms with Gasteiger partial charge in [-0.1, -0.05) is 88.7 Å². The summed E-state index contributed by atoms with van der Waals surface area (Å²) in [7, 11) is 0. The molecule has 6 aromatic rings. The number of rotatable bonds is 1. The highest BCUT2D eigenvalue weighted by molar-refractivity contribution is 9.10. The van der Waals surface area contributed by atoms with E-state index in [0.717, 1.165) is 4.47 Å². The summed E-state index contributed by atoms with van der Waals surface area (Å²) in [6.07, 6.45) is 0. The van der Waals surface area contributed by atoms with Gasteiger partial charge in [0.1, 0.15) is 0 Å². The first kappa shape index (κ1) is 16.8. The molecule has 0 nitrogen and oxygen atoms in total. The van der Waals surface area contributed by atoms with Crippen molar-refractivity contribution < 1.29 is 0 Å². The lowest BCUT2D eigenvalue weighted by Gasteiger charge is -2.13. The third-order valence-electron chi connectivity index (χ3n) is 5.88. The maximum atomic E-state index is 3.54. The van der Waals surface area contributed by atoms with Crippen molar-refractivity contribution in [1.82, 2.24) is 0 Å². The Hall–Kier alpha value is -3.16. The first-order valence-electron chi connectivity index (χ1n) is 9.81. The van der Waals surface area contributed by atoms with Crippen LogP contribution in [0.25, 0.3) is 54.2 Å². The average molecular weight is 433 g/mol. The van der Waals surface area contributed by atoms with Gasteiger partial charge in [-0.3, -0.25) is 0 Å². The predicted octanol–water partition coefficient (Wildman–Crippen LogP) is 8.73. The van der Waals surface area contributed by atoms with Crippen molar-refractivity contribution in [2.45, 2.75) is 0 Å². The lowest BCUT2D eigenvalue weighted by Crippen LogP contribution is -1.86. The van der Waals surface area contributed by atoms with Gasteiger partial charge in [0.05, 0.1) is 0 Å². The summed E-state index contributed by atoms with van der Waals surface area (Å²) in [5, 5.41) is 10.5. The van der Waals surface area contributed by atoms with Crippen LogP contribution < -0.4 is 0 Å². The summed E-state index contributed by atoms with van der Waals surface area (Å²) in [5.41, 5.74) is 2.48. The van der Waals surface area contributed by atoms with Crippen LogP contribution in [0.4, 0.5) is 0 Å². The Labute approximate surface area is 177 Å². The number of fused-ring (bicyclic) bond motifs is 7. The number of benzene rings is 6. The third kappa shape index (κ3) is 2.66. The monoisotopic (exact) mass is 432 g/mol. The number of hydrogen-bond acceptors (Lipinski definition) is 0. The zero-order chi connectivity index (χ0) is 19.4. The van der Waals surface area contributed by atoms with Crippen LogP contribution in [0, 0.1) is 0 Å². The summed E-state index contributed by atoms with van der Waals surface area (Å²) in [4.78, 5) is 0. The highest BCUT2D eigenvalue weighted by atomic mass is 79.9. The first-order valence-corrected chi connectivity index (χ1v) is 10.6. The highest BCUT2D eigenvalue weighted by Crippen LogP contribution is 2.38. The van der Waals surface area contributed by atoms with Gasteiger partial charge < -0.3 is 0 Å². The molecule has 0 bridgehead atoms. The fourth-order valence-corrected chi connectivity index (χ4v) is 4.73. The van der Waals surface area contributed by atoms with E-state index < -0.39 is 0 Å². The molecule has 0 spiro atoms. The number of hydrogen-bond donors (Lipinski definition) is 0. The second kappa shape index (κ2) is 6.43. The standard InChI is InChI=1S/C28H17Br/c29-22-12-9-18(10-13-22)21-11-14-25-26(17-21)23-7-3-4-8-24(23)27-15-19-5-1-2-6-20(19)16-28(25)27/h1-17H. The maximum absolute atomic E-state index is 3.54. The van der Waals surface area contributed by atoms with E-state index in [2.05, 4.69) is 119 Å². The van der Waals surface area contributed by atoms with Crippen LogP contribution >= 0.6 is 15.9 Å². The molecule has 0 radical (unpaired) electrons. The average Bonchev–Trinajstić information content (AvgIpc) is 2.78. The van der Waals surface area contributed by atoms with Gasteiger partial charge in [0.15, 0.2) is 0 Å². The van der Waals surface area contributed by atoms with Crippen LogP contribution in [0.5, 0.6) is 0 Å². The largest absolute Gasteiger partial charge is 0.0616 e. The molecular formula is C28H17Br. The van der Waals surface area contributed by atoms with Gasteiger partial charge >= 0.3 is 0 Å². The molecule has 0 aliphatic heterocycles. The van der Waals surface area contributed by atoms with Crippen molar-refractivity contribution in [3.05, 3.63) is 108 Å². The fourth-order valence-electron chi connectivity index (χ4n) is 4.46. The molecule has 0 aliphatic rings. The second-order valence-electron chi connectivity index (χ2n) is 7.56. The van der Waals surface area contributed by atoms with E-state index in [1.165, 1.54) is 54.2 Å². The normalized spacial score (nSPS) is 11.6. The van der Waals surface area contributed by atoms with Crippen molar-refractivity contribution >= 4 is 59.0 Å². The van der Waals surface area contributed by atoms with Crippen molar-refractivity contribution in [3.8, 4) is 11.1 Å².